The summed E-state index contributed by atoms with van der Waals surface area (Å²) in [5, 5.41) is 8.68. The largest absolute Gasteiger partial charge is 0.325 e. The van der Waals surface area contributed by atoms with Crippen LogP contribution < -0.4 is 10.6 Å². The summed E-state index contributed by atoms with van der Waals surface area (Å²) in [5.41, 5.74) is 6.63. The van der Waals surface area contributed by atoms with Gasteiger partial charge in [0.2, 0.25) is 5.91 Å². The van der Waals surface area contributed by atoms with E-state index in [9.17, 15) is 4.79 Å². The number of nitrogens with two attached hydrogens (primary N) is 1. The Morgan fingerprint density at radius 3 is 2.35 bits per heavy atom. The van der Waals surface area contributed by atoms with E-state index < -0.39 is 5.54 Å². The highest BCUT2D eigenvalue weighted by Crippen LogP contribution is 2.16. The lowest BCUT2D eigenvalue weighted by Crippen LogP contribution is -2.39. The molecule has 0 aliphatic carbocycles. The van der Waals surface area contributed by atoms with Gasteiger partial charge in [-0.1, -0.05) is 0 Å². The number of hydrogen-bond donors (Lipinski definition) is 1. The van der Waals surface area contributed by atoms with Crippen molar-refractivity contribution >= 4 is 11.6 Å². The molecule has 0 atom stereocenters. The molecule has 4 heteroatoms. The van der Waals surface area contributed by atoms with Gasteiger partial charge < -0.3 is 10.6 Å². The van der Waals surface area contributed by atoms with E-state index in [1.807, 2.05) is 19.9 Å². The van der Waals surface area contributed by atoms with Crippen LogP contribution in [0.2, 0.25) is 0 Å². The molecule has 0 saturated carbocycles. The molecule has 0 aromatic heterocycles. The van der Waals surface area contributed by atoms with E-state index in [0.29, 0.717) is 5.56 Å². The molecule has 1 amide bonds. The number of rotatable bonds is 3. The van der Waals surface area contributed by atoms with E-state index in [1.165, 1.54) is 0 Å². The van der Waals surface area contributed by atoms with Gasteiger partial charge in [0.05, 0.1) is 11.6 Å². The van der Waals surface area contributed by atoms with Gasteiger partial charge in [-0.25, -0.2) is 0 Å². The van der Waals surface area contributed by atoms with E-state index in [2.05, 4.69) is 0 Å². The highest BCUT2D eigenvalue weighted by molar-refractivity contribution is 5.93. The zero-order valence-corrected chi connectivity index (χ0v) is 10.4. The molecule has 4 nitrogen and oxygen atoms in total. The molecule has 90 valence electrons. The van der Waals surface area contributed by atoms with Crippen LogP contribution >= 0.6 is 0 Å². The van der Waals surface area contributed by atoms with Gasteiger partial charge in [0, 0.05) is 24.7 Å². The predicted octanol–water partition coefficient (Wildman–Crippen LogP) is 1.65. The van der Waals surface area contributed by atoms with Crippen LogP contribution in [-0.4, -0.2) is 18.5 Å². The molecule has 0 unspecified atom stereocenters. The minimum absolute atomic E-state index is 0.0396. The van der Waals surface area contributed by atoms with Crippen LogP contribution in [0.15, 0.2) is 24.3 Å². The second-order valence-corrected chi connectivity index (χ2v) is 4.78. The molecule has 0 aliphatic rings. The van der Waals surface area contributed by atoms with Gasteiger partial charge in [-0.3, -0.25) is 4.79 Å². The van der Waals surface area contributed by atoms with Gasteiger partial charge in [-0.2, -0.15) is 5.26 Å². The van der Waals surface area contributed by atoms with E-state index in [4.69, 9.17) is 11.0 Å². The van der Waals surface area contributed by atoms with E-state index in [-0.39, 0.29) is 12.3 Å². The van der Waals surface area contributed by atoms with Crippen LogP contribution in [0.4, 0.5) is 5.69 Å². The fourth-order valence-corrected chi connectivity index (χ4v) is 1.41. The molecule has 0 aliphatic heterocycles. The fraction of sp³-hybridized carbons (Fsp3) is 0.385. The Morgan fingerprint density at radius 2 is 1.94 bits per heavy atom. The molecule has 0 fully saturated rings. The Hall–Kier alpha value is -1.86. The molecular formula is C13H17N3O. The first-order valence-electron chi connectivity index (χ1n) is 5.39. The highest BCUT2D eigenvalue weighted by atomic mass is 16.2. The Morgan fingerprint density at radius 1 is 1.41 bits per heavy atom. The van der Waals surface area contributed by atoms with Crippen LogP contribution in [0.25, 0.3) is 0 Å². The lowest BCUT2D eigenvalue weighted by molar-refractivity contribution is -0.119. The average molecular weight is 231 g/mol. The molecule has 0 heterocycles. The zero-order chi connectivity index (χ0) is 13.1. The molecule has 0 bridgehead atoms. The molecule has 0 spiro atoms. The zero-order valence-electron chi connectivity index (χ0n) is 10.4. The monoisotopic (exact) mass is 231 g/mol. The Labute approximate surface area is 102 Å². The maximum Gasteiger partial charge on any atom is 0.228 e. The van der Waals surface area contributed by atoms with Gasteiger partial charge in [0.25, 0.3) is 0 Å². The molecule has 1 rings (SSSR count). The summed E-state index contributed by atoms with van der Waals surface area (Å²) >= 11 is 0. The summed E-state index contributed by atoms with van der Waals surface area (Å²) in [6.07, 6.45) is 0.281. The summed E-state index contributed by atoms with van der Waals surface area (Å²) in [7, 11) is 1.70. The molecule has 2 N–H and O–H groups in total. The smallest absolute Gasteiger partial charge is 0.228 e. The maximum atomic E-state index is 11.9. The summed E-state index contributed by atoms with van der Waals surface area (Å²) in [6, 6.07) is 8.91. The van der Waals surface area contributed by atoms with Crippen LogP contribution in [0, 0.1) is 11.3 Å². The standard InChI is InChI=1S/C13H17N3O/c1-13(2,15)8-12(17)16(3)11-6-4-10(9-14)5-7-11/h4-7H,8,15H2,1-3H3. The average Bonchev–Trinajstić information content (AvgIpc) is 2.26. The predicted molar refractivity (Wildman–Crippen MR) is 67.5 cm³/mol. The molecule has 1 aromatic carbocycles. The Balaban J connectivity index is 2.79. The van der Waals surface area contributed by atoms with Crippen molar-refractivity contribution in [2.75, 3.05) is 11.9 Å². The maximum absolute atomic E-state index is 11.9. The highest BCUT2D eigenvalue weighted by Gasteiger charge is 2.20. The van der Waals surface area contributed by atoms with Crippen LogP contribution in [-0.2, 0) is 4.79 Å². The number of benzene rings is 1. The minimum Gasteiger partial charge on any atom is -0.325 e. The summed E-state index contributed by atoms with van der Waals surface area (Å²) in [4.78, 5) is 13.4. The van der Waals surface area contributed by atoms with Crippen molar-refractivity contribution < 1.29 is 4.79 Å². The van der Waals surface area contributed by atoms with E-state index in [0.717, 1.165) is 5.69 Å². The number of nitriles is 1. The number of carbonyl (C=O) groups excluding carboxylic acids is 1. The Bertz CT molecular complexity index is 437. The van der Waals surface area contributed by atoms with E-state index in [1.54, 1.807) is 36.2 Å². The summed E-state index contributed by atoms with van der Waals surface area (Å²) in [5.74, 6) is -0.0396. The van der Waals surface area contributed by atoms with Crippen molar-refractivity contribution in [1.29, 1.82) is 5.26 Å². The first-order valence-corrected chi connectivity index (χ1v) is 5.39. The van der Waals surface area contributed by atoms with Gasteiger partial charge in [0.15, 0.2) is 0 Å². The third-order valence-electron chi connectivity index (χ3n) is 2.36. The number of nitrogens with zero attached hydrogens (tertiary/aromatic N) is 2. The van der Waals surface area contributed by atoms with Gasteiger partial charge in [-0.15, -0.1) is 0 Å². The number of carbonyl (C=O) groups is 1. The van der Waals surface area contributed by atoms with Crippen molar-refractivity contribution in [3.8, 4) is 6.07 Å². The SMILES string of the molecule is CN(C(=O)CC(C)(C)N)c1ccc(C#N)cc1. The molecule has 17 heavy (non-hydrogen) atoms. The van der Waals surface area contributed by atoms with Crippen LogP contribution in [0.1, 0.15) is 25.8 Å². The molecular weight excluding hydrogens is 214 g/mol. The minimum atomic E-state index is -0.516. The summed E-state index contributed by atoms with van der Waals surface area (Å²) < 4.78 is 0. The number of anilines is 1. The van der Waals surface area contributed by atoms with Crippen molar-refractivity contribution in [3.05, 3.63) is 29.8 Å². The normalized spacial score (nSPS) is 10.8. The summed E-state index contributed by atoms with van der Waals surface area (Å²) in [6.45, 7) is 3.63. The molecule has 0 radical (unpaired) electrons. The lowest BCUT2D eigenvalue weighted by atomic mass is 10.0. The van der Waals surface area contributed by atoms with Crippen LogP contribution in [0.5, 0.6) is 0 Å². The third-order valence-corrected chi connectivity index (χ3v) is 2.36. The Kier molecular flexibility index (Phi) is 3.87. The van der Waals surface area contributed by atoms with Crippen molar-refractivity contribution in [1.82, 2.24) is 0 Å². The first kappa shape index (κ1) is 13.2. The third kappa shape index (κ3) is 3.89. The lowest BCUT2D eigenvalue weighted by Gasteiger charge is -2.23. The topological polar surface area (TPSA) is 70.1 Å². The van der Waals surface area contributed by atoms with Gasteiger partial charge in [-0.05, 0) is 38.1 Å². The number of amides is 1. The number of hydrogen-bond acceptors (Lipinski definition) is 3. The molecule has 1 aromatic rings. The van der Waals surface area contributed by atoms with Gasteiger partial charge in [0.1, 0.15) is 0 Å². The van der Waals surface area contributed by atoms with Crippen molar-refractivity contribution in [2.24, 2.45) is 5.73 Å². The second-order valence-electron chi connectivity index (χ2n) is 4.78. The van der Waals surface area contributed by atoms with Crippen LogP contribution in [0.3, 0.4) is 0 Å². The second kappa shape index (κ2) is 4.98. The quantitative estimate of drug-likeness (QED) is 0.859. The first-order chi connectivity index (χ1) is 7.83. The fourth-order valence-electron chi connectivity index (χ4n) is 1.41. The van der Waals surface area contributed by atoms with E-state index >= 15 is 0 Å². The molecule has 0 saturated heterocycles. The van der Waals surface area contributed by atoms with Crippen molar-refractivity contribution in [2.45, 2.75) is 25.8 Å². The van der Waals surface area contributed by atoms with Crippen molar-refractivity contribution in [3.63, 3.8) is 0 Å². The van der Waals surface area contributed by atoms with Gasteiger partial charge >= 0.3 is 0 Å².